The van der Waals surface area contributed by atoms with Crippen LogP contribution in [0.3, 0.4) is 0 Å². The Bertz CT molecular complexity index is 2990. The number of rotatable bonds is 4. The van der Waals surface area contributed by atoms with Gasteiger partial charge < -0.3 is 0 Å². The molecule has 10 aromatic rings. The molecule has 4 heterocycles. The summed E-state index contributed by atoms with van der Waals surface area (Å²) < 4.78 is 8.97. The monoisotopic (exact) mass is 955 g/mol. The first-order valence-corrected chi connectivity index (χ1v) is 20.5. The van der Waals surface area contributed by atoms with Gasteiger partial charge in [-0.2, -0.15) is 79.4 Å². The first-order chi connectivity index (χ1) is 28.5. The molecule has 11 rings (SSSR count). The Kier molecular flexibility index (Phi) is 8.72. The van der Waals surface area contributed by atoms with Crippen molar-refractivity contribution in [3.63, 3.8) is 0 Å². The molecule has 1 aliphatic rings. The molecule has 0 radical (unpaired) electrons. The Balaban J connectivity index is 0.00000433. The molecule has 0 spiro atoms. The quantitative estimate of drug-likeness (QED) is 0.124. The van der Waals surface area contributed by atoms with E-state index in [0.717, 1.165) is 44.0 Å². The molecule has 0 amide bonds. The summed E-state index contributed by atoms with van der Waals surface area (Å²) in [6.45, 7) is 13.8. The summed E-state index contributed by atoms with van der Waals surface area (Å²) in [5, 5.41) is 4.69. The van der Waals surface area contributed by atoms with Crippen molar-refractivity contribution in [2.45, 2.75) is 57.8 Å². The zero-order valence-electron chi connectivity index (χ0n) is 34.6. The van der Waals surface area contributed by atoms with Crippen molar-refractivity contribution in [3.8, 4) is 11.1 Å². The van der Waals surface area contributed by atoms with Crippen molar-refractivity contribution < 1.29 is 30.4 Å². The summed E-state index contributed by atoms with van der Waals surface area (Å²) in [7, 11) is 0. The van der Waals surface area contributed by atoms with Gasteiger partial charge in [0, 0.05) is 5.41 Å². The van der Waals surface area contributed by atoms with Crippen LogP contribution in [-0.4, -0.2) is 9.35 Å². The molecule has 1 aliphatic carbocycles. The molecule has 0 unspecified atom stereocenters. The van der Waals surface area contributed by atoms with Crippen molar-refractivity contribution in [2.75, 3.05) is 0 Å². The number of benzene rings is 6. The summed E-state index contributed by atoms with van der Waals surface area (Å²) in [5.74, 6) is 0. The summed E-state index contributed by atoms with van der Waals surface area (Å²) in [6, 6.07) is 59.8. The fourth-order valence-electron chi connectivity index (χ4n) is 9.51. The van der Waals surface area contributed by atoms with E-state index in [2.05, 4.69) is 231 Å². The minimum atomic E-state index is -0.801. The second-order valence-corrected chi connectivity index (χ2v) is 18.1. The Morgan fingerprint density at radius 2 is 0.850 bits per heavy atom. The molecule has 0 saturated heterocycles. The van der Waals surface area contributed by atoms with Gasteiger partial charge in [0.1, 0.15) is 0 Å². The van der Waals surface area contributed by atoms with E-state index < -0.39 is 5.41 Å². The Morgan fingerprint density at radius 1 is 0.467 bits per heavy atom. The average molecular weight is 956 g/mol. The Labute approximate surface area is 366 Å². The van der Waals surface area contributed by atoms with E-state index in [1.54, 1.807) is 0 Å². The zero-order chi connectivity index (χ0) is 40.3. The van der Waals surface area contributed by atoms with Crippen LogP contribution >= 0.6 is 0 Å². The van der Waals surface area contributed by atoms with Gasteiger partial charge in [-0.1, -0.05) is 159 Å². The zero-order valence-corrected chi connectivity index (χ0v) is 36.9. The minimum absolute atomic E-state index is 0. The molecule has 5 heteroatoms. The molecule has 0 fully saturated rings. The Morgan fingerprint density at radius 3 is 1.28 bits per heavy atom. The van der Waals surface area contributed by atoms with E-state index >= 15 is 0 Å². The van der Waals surface area contributed by atoms with Crippen LogP contribution in [0.25, 0.3) is 54.7 Å². The SMILES string of the molecule is CC(C)(C)c1cc(C2(c3[c-][n+](-n4c5[c-]cccc5c5ccccc54)cc(C(C)(C)C)c3)c3ccccc3-c3ccccc32)[c-][n+](-n2c3[c-]cccc3c3ccccc32)c1.[Pt+4]. The van der Waals surface area contributed by atoms with Crippen LogP contribution in [0, 0.1) is 24.5 Å². The van der Waals surface area contributed by atoms with Crippen LogP contribution < -0.4 is 9.35 Å². The molecule has 0 aliphatic heterocycles. The van der Waals surface area contributed by atoms with E-state index in [9.17, 15) is 0 Å². The molecule has 6 aromatic carbocycles. The summed E-state index contributed by atoms with van der Waals surface area (Å²) >= 11 is 0. The number of fused-ring (bicyclic) bond motifs is 9. The molecular formula is C55H44N4Pt+2. The van der Waals surface area contributed by atoms with Crippen molar-refractivity contribution >= 4 is 43.6 Å². The largest absolute Gasteiger partial charge is 4.00 e. The topological polar surface area (TPSA) is 17.6 Å². The first-order valence-electron chi connectivity index (χ1n) is 20.5. The van der Waals surface area contributed by atoms with E-state index in [-0.39, 0.29) is 31.9 Å². The van der Waals surface area contributed by atoms with Gasteiger partial charge in [0.2, 0.25) is 0 Å². The van der Waals surface area contributed by atoms with E-state index in [1.165, 1.54) is 44.2 Å². The van der Waals surface area contributed by atoms with Gasteiger partial charge in [-0.25, -0.2) is 0 Å². The van der Waals surface area contributed by atoms with Crippen molar-refractivity contribution in [3.05, 3.63) is 216 Å². The van der Waals surface area contributed by atoms with Gasteiger partial charge in [-0.3, -0.25) is 0 Å². The predicted octanol–water partition coefficient (Wildman–Crippen LogP) is 11.3. The molecule has 292 valence electrons. The van der Waals surface area contributed by atoms with Crippen molar-refractivity contribution in [2.24, 2.45) is 0 Å². The van der Waals surface area contributed by atoms with Gasteiger partial charge in [-0.05, 0) is 67.0 Å². The minimum Gasteiger partial charge on any atom is -0.185 e. The van der Waals surface area contributed by atoms with Crippen LogP contribution in [0.15, 0.2) is 158 Å². The number of aromatic nitrogens is 4. The smallest absolute Gasteiger partial charge is 0.185 e. The fourth-order valence-corrected chi connectivity index (χ4v) is 9.51. The third kappa shape index (κ3) is 5.53. The standard InChI is InChI=1S/C55H44N4.Pt/c1-53(2,3)37-31-39(35-56(33-37)58-49-27-15-9-21-43(49)44-22-10-16-28-50(44)58)55(47-25-13-7-19-41(47)42-20-8-14-26-48(42)55)40-32-38(54(4,5)6)34-57(36-40)59-51-29-17-11-23-45(51)46-24-12-18-30-52(46)59;/h7-27,29,31-34H,1-6H3;/q-2;+4. The third-order valence-electron chi connectivity index (χ3n) is 12.5. The second-order valence-electron chi connectivity index (χ2n) is 18.1. The Hall–Kier alpha value is -6.09. The van der Waals surface area contributed by atoms with Crippen molar-refractivity contribution in [1.29, 1.82) is 0 Å². The third-order valence-corrected chi connectivity index (χ3v) is 12.5. The normalized spacial score (nSPS) is 13.5. The number of hydrogen-bond acceptors (Lipinski definition) is 0. The number of para-hydroxylation sites is 4. The molecule has 0 saturated carbocycles. The molecular weight excluding hydrogens is 912 g/mol. The molecule has 4 nitrogen and oxygen atoms in total. The van der Waals surface area contributed by atoms with Gasteiger partial charge in [0.15, 0.2) is 12.4 Å². The molecule has 4 aromatic heterocycles. The maximum atomic E-state index is 4.10. The second kappa shape index (κ2) is 13.7. The summed E-state index contributed by atoms with van der Waals surface area (Å²) in [5.41, 5.74) is 12.4. The molecule has 0 bridgehead atoms. The maximum Gasteiger partial charge on any atom is 4.00 e. The number of nitrogens with zero attached hydrogens (tertiary/aromatic N) is 4. The molecule has 0 N–H and O–H groups in total. The van der Waals surface area contributed by atoms with Crippen LogP contribution in [0.5, 0.6) is 0 Å². The van der Waals surface area contributed by atoms with Gasteiger partial charge >= 0.3 is 21.1 Å². The van der Waals surface area contributed by atoms with E-state index in [1.807, 2.05) is 12.1 Å². The maximum absolute atomic E-state index is 4.10. The van der Waals surface area contributed by atoms with Crippen LogP contribution in [0.2, 0.25) is 0 Å². The van der Waals surface area contributed by atoms with Crippen molar-refractivity contribution in [1.82, 2.24) is 9.35 Å². The van der Waals surface area contributed by atoms with Crippen LogP contribution in [0.1, 0.15) is 74.9 Å². The first kappa shape index (κ1) is 38.1. The predicted molar refractivity (Wildman–Crippen MR) is 237 cm³/mol. The number of hydrogen-bond donors (Lipinski definition) is 0. The van der Waals surface area contributed by atoms with E-state index in [4.69, 9.17) is 0 Å². The van der Waals surface area contributed by atoms with Gasteiger partial charge in [0.05, 0.1) is 23.4 Å². The van der Waals surface area contributed by atoms with Crippen LogP contribution in [0.4, 0.5) is 0 Å². The van der Waals surface area contributed by atoms with Gasteiger partial charge in [-0.15, -0.1) is 0 Å². The fraction of sp³-hybridized carbons (Fsp3) is 0.164. The van der Waals surface area contributed by atoms with Gasteiger partial charge in [0.25, 0.3) is 0 Å². The summed E-state index contributed by atoms with van der Waals surface area (Å²) in [4.78, 5) is 0. The number of pyridine rings is 2. The average Bonchev–Trinajstić information content (AvgIpc) is 3.87. The molecule has 0 atom stereocenters. The summed E-state index contributed by atoms with van der Waals surface area (Å²) in [6.07, 6.45) is 12.7. The van der Waals surface area contributed by atoms with E-state index in [0.29, 0.717) is 0 Å². The molecule has 60 heavy (non-hydrogen) atoms. The van der Waals surface area contributed by atoms with Crippen LogP contribution in [-0.2, 0) is 37.3 Å².